The first-order valence-electron chi connectivity index (χ1n) is 7.20. The number of likely N-dealkylation sites (tertiary alicyclic amines) is 1. The number of hydrogen-bond donors (Lipinski definition) is 1. The molecule has 2 fully saturated rings. The van der Waals surface area contributed by atoms with Crippen LogP contribution < -0.4 is 5.73 Å². The van der Waals surface area contributed by atoms with Gasteiger partial charge in [-0.15, -0.1) is 0 Å². The van der Waals surface area contributed by atoms with Gasteiger partial charge in [-0.05, 0) is 37.8 Å². The zero-order valence-electron chi connectivity index (χ0n) is 11.5. The lowest BCUT2D eigenvalue weighted by atomic mass is 9.77. The monoisotopic (exact) mass is 240 g/mol. The summed E-state index contributed by atoms with van der Waals surface area (Å²) in [5, 5.41) is 0. The highest BCUT2D eigenvalue weighted by Crippen LogP contribution is 2.35. The number of nitrogens with zero attached hydrogens (tertiary/aromatic N) is 1. The Morgan fingerprint density at radius 3 is 2.59 bits per heavy atom. The first-order chi connectivity index (χ1) is 8.18. The van der Waals surface area contributed by atoms with E-state index in [0.717, 1.165) is 19.8 Å². The van der Waals surface area contributed by atoms with Gasteiger partial charge in [-0.3, -0.25) is 4.90 Å². The molecule has 0 bridgehead atoms. The molecule has 3 heteroatoms. The van der Waals surface area contributed by atoms with E-state index >= 15 is 0 Å². The fourth-order valence-corrected chi connectivity index (χ4v) is 3.24. The fraction of sp³-hybridized carbons (Fsp3) is 1.00. The van der Waals surface area contributed by atoms with E-state index in [4.69, 9.17) is 10.5 Å². The minimum atomic E-state index is 0.555. The summed E-state index contributed by atoms with van der Waals surface area (Å²) in [6.07, 6.45) is 5.16. The van der Waals surface area contributed by atoms with Gasteiger partial charge < -0.3 is 10.5 Å². The predicted molar refractivity (Wildman–Crippen MR) is 71.0 cm³/mol. The van der Waals surface area contributed by atoms with Gasteiger partial charge in [0.05, 0.1) is 6.61 Å². The Balaban J connectivity index is 1.89. The molecule has 2 atom stereocenters. The lowest BCUT2D eigenvalue weighted by molar-refractivity contribution is 0.0551. The van der Waals surface area contributed by atoms with Crippen LogP contribution in [0.5, 0.6) is 0 Å². The summed E-state index contributed by atoms with van der Waals surface area (Å²) >= 11 is 0. The van der Waals surface area contributed by atoms with E-state index in [9.17, 15) is 0 Å². The molecule has 100 valence electrons. The van der Waals surface area contributed by atoms with Crippen LogP contribution >= 0.6 is 0 Å². The van der Waals surface area contributed by atoms with Gasteiger partial charge in [-0.1, -0.05) is 20.3 Å². The predicted octanol–water partition coefficient (Wildman–Crippen LogP) is 1.86. The Morgan fingerprint density at radius 2 is 2.12 bits per heavy atom. The van der Waals surface area contributed by atoms with Crippen molar-refractivity contribution in [3.05, 3.63) is 0 Å². The number of ether oxygens (including phenoxy) is 1. The van der Waals surface area contributed by atoms with Gasteiger partial charge in [0.25, 0.3) is 0 Å². The normalized spacial score (nSPS) is 31.6. The number of nitrogens with two attached hydrogens (primary N) is 1. The Hall–Kier alpha value is -0.120. The molecule has 0 aromatic carbocycles. The van der Waals surface area contributed by atoms with Crippen LogP contribution in [0.15, 0.2) is 0 Å². The second-order valence-electron chi connectivity index (χ2n) is 6.13. The van der Waals surface area contributed by atoms with E-state index in [1.54, 1.807) is 0 Å². The second-order valence-corrected chi connectivity index (χ2v) is 6.13. The third-order valence-corrected chi connectivity index (χ3v) is 5.08. The summed E-state index contributed by atoms with van der Waals surface area (Å²) in [5.41, 5.74) is 6.56. The molecule has 2 aliphatic rings. The van der Waals surface area contributed by atoms with Crippen LogP contribution in [-0.2, 0) is 4.74 Å². The van der Waals surface area contributed by atoms with E-state index in [1.165, 1.54) is 38.8 Å². The Morgan fingerprint density at radius 1 is 1.41 bits per heavy atom. The van der Waals surface area contributed by atoms with Crippen LogP contribution in [0.2, 0.25) is 0 Å². The molecule has 0 aliphatic carbocycles. The van der Waals surface area contributed by atoms with Crippen LogP contribution in [0.25, 0.3) is 0 Å². The number of rotatable bonds is 4. The van der Waals surface area contributed by atoms with Gasteiger partial charge in [0, 0.05) is 25.1 Å². The topological polar surface area (TPSA) is 38.5 Å². The van der Waals surface area contributed by atoms with E-state index in [0.29, 0.717) is 17.4 Å². The summed E-state index contributed by atoms with van der Waals surface area (Å²) in [6.45, 7) is 9.84. The molecule has 2 rings (SSSR count). The summed E-state index contributed by atoms with van der Waals surface area (Å²) in [5.74, 6) is 0.672. The van der Waals surface area contributed by atoms with Crippen LogP contribution in [0.3, 0.4) is 0 Å². The quantitative estimate of drug-likeness (QED) is 0.815. The highest BCUT2D eigenvalue weighted by atomic mass is 16.5. The molecule has 3 nitrogen and oxygen atoms in total. The molecular formula is C14H28N2O. The summed E-state index contributed by atoms with van der Waals surface area (Å²) in [7, 11) is 0. The molecule has 0 saturated carbocycles. The highest BCUT2D eigenvalue weighted by Gasteiger charge is 2.35. The summed E-state index contributed by atoms with van der Waals surface area (Å²) < 4.78 is 5.51. The average Bonchev–Trinajstić information content (AvgIpc) is 2.87. The fourth-order valence-electron chi connectivity index (χ4n) is 3.24. The highest BCUT2D eigenvalue weighted by molar-refractivity contribution is 4.88. The average molecular weight is 240 g/mol. The molecular weight excluding hydrogens is 212 g/mol. The lowest BCUT2D eigenvalue weighted by Gasteiger charge is -2.43. The Kier molecular flexibility index (Phi) is 4.45. The minimum Gasteiger partial charge on any atom is -0.381 e. The molecule has 0 amide bonds. The van der Waals surface area contributed by atoms with Gasteiger partial charge in [0.1, 0.15) is 0 Å². The molecule has 0 aromatic rings. The van der Waals surface area contributed by atoms with E-state index in [1.807, 2.05) is 0 Å². The molecule has 2 N–H and O–H groups in total. The first kappa shape index (κ1) is 13.3. The van der Waals surface area contributed by atoms with Crippen LogP contribution in [0, 0.1) is 11.3 Å². The van der Waals surface area contributed by atoms with Crippen molar-refractivity contribution >= 4 is 0 Å². The van der Waals surface area contributed by atoms with Gasteiger partial charge in [0.15, 0.2) is 0 Å². The number of piperidine rings is 1. The first-order valence-corrected chi connectivity index (χ1v) is 7.20. The standard InChI is InChI=1S/C14H28N2O/c1-3-14(2)5-7-16(8-6-14)13(10-15)12-4-9-17-11-12/h12-13H,3-11,15H2,1-2H3. The Labute approximate surface area is 106 Å². The van der Waals surface area contributed by atoms with Gasteiger partial charge in [-0.2, -0.15) is 0 Å². The van der Waals surface area contributed by atoms with E-state index in [2.05, 4.69) is 18.7 Å². The molecule has 0 spiro atoms. The lowest BCUT2D eigenvalue weighted by Crippen LogP contribution is -2.50. The summed E-state index contributed by atoms with van der Waals surface area (Å²) in [4.78, 5) is 2.62. The van der Waals surface area contributed by atoms with Crippen LogP contribution in [0.1, 0.15) is 39.5 Å². The van der Waals surface area contributed by atoms with Crippen molar-refractivity contribution in [2.75, 3.05) is 32.8 Å². The van der Waals surface area contributed by atoms with Crippen LogP contribution in [-0.4, -0.2) is 43.8 Å². The van der Waals surface area contributed by atoms with Crippen molar-refractivity contribution in [2.24, 2.45) is 17.1 Å². The maximum absolute atomic E-state index is 5.99. The van der Waals surface area contributed by atoms with Crippen molar-refractivity contribution in [3.8, 4) is 0 Å². The molecule has 2 heterocycles. The molecule has 0 aromatic heterocycles. The molecule has 2 saturated heterocycles. The van der Waals surface area contributed by atoms with E-state index < -0.39 is 0 Å². The minimum absolute atomic E-state index is 0.555. The van der Waals surface area contributed by atoms with E-state index in [-0.39, 0.29) is 0 Å². The van der Waals surface area contributed by atoms with Crippen molar-refractivity contribution in [1.29, 1.82) is 0 Å². The molecule has 0 radical (unpaired) electrons. The second kappa shape index (κ2) is 5.68. The zero-order valence-corrected chi connectivity index (χ0v) is 11.5. The van der Waals surface area contributed by atoms with Crippen molar-refractivity contribution in [3.63, 3.8) is 0 Å². The smallest absolute Gasteiger partial charge is 0.0510 e. The third kappa shape index (κ3) is 3.01. The SMILES string of the molecule is CCC1(C)CCN(C(CN)C2CCOC2)CC1. The maximum atomic E-state index is 5.99. The largest absolute Gasteiger partial charge is 0.381 e. The number of hydrogen-bond acceptors (Lipinski definition) is 3. The third-order valence-electron chi connectivity index (χ3n) is 5.08. The Bertz CT molecular complexity index is 230. The zero-order chi connectivity index (χ0) is 12.3. The maximum Gasteiger partial charge on any atom is 0.0510 e. The summed E-state index contributed by atoms with van der Waals surface area (Å²) in [6, 6.07) is 0.555. The molecule has 2 unspecified atom stereocenters. The van der Waals surface area contributed by atoms with Gasteiger partial charge >= 0.3 is 0 Å². The molecule has 2 aliphatic heterocycles. The van der Waals surface area contributed by atoms with Crippen molar-refractivity contribution in [2.45, 2.75) is 45.6 Å². The molecule has 17 heavy (non-hydrogen) atoms. The van der Waals surface area contributed by atoms with Gasteiger partial charge in [0.2, 0.25) is 0 Å². The van der Waals surface area contributed by atoms with Crippen molar-refractivity contribution in [1.82, 2.24) is 4.90 Å². The van der Waals surface area contributed by atoms with Crippen molar-refractivity contribution < 1.29 is 4.74 Å². The van der Waals surface area contributed by atoms with Gasteiger partial charge in [-0.25, -0.2) is 0 Å². The van der Waals surface area contributed by atoms with Crippen LogP contribution in [0.4, 0.5) is 0 Å².